The van der Waals surface area contributed by atoms with Crippen LogP contribution in [0, 0.1) is 0 Å². The van der Waals surface area contributed by atoms with Gasteiger partial charge in [-0.1, -0.05) is 53.5 Å². The zero-order valence-electron chi connectivity index (χ0n) is 18.0. The molecule has 3 aromatic carbocycles. The lowest BCUT2D eigenvalue weighted by molar-refractivity contribution is -0.617. The SMILES string of the molecule is CCCCN(C(=O)c1c2ccccc2[n+](C)c2ccccc12)S(=O)(=O)c1ccc(Br)cc1. The van der Waals surface area contributed by atoms with E-state index in [9.17, 15) is 13.2 Å². The summed E-state index contributed by atoms with van der Waals surface area (Å²) in [5, 5.41) is 1.46. The molecule has 4 rings (SSSR count). The summed E-state index contributed by atoms with van der Waals surface area (Å²) in [6.45, 7) is 2.10. The highest BCUT2D eigenvalue weighted by atomic mass is 79.9. The van der Waals surface area contributed by atoms with E-state index in [4.69, 9.17) is 0 Å². The number of aromatic nitrogens is 1. The number of sulfonamides is 1. The van der Waals surface area contributed by atoms with Gasteiger partial charge in [-0.3, -0.25) is 4.79 Å². The number of carbonyl (C=O) groups is 1. The van der Waals surface area contributed by atoms with Gasteiger partial charge in [-0.25, -0.2) is 12.7 Å². The molecule has 0 bridgehead atoms. The van der Waals surface area contributed by atoms with E-state index in [0.717, 1.165) is 37.0 Å². The molecule has 0 unspecified atom stereocenters. The number of fused-ring (bicyclic) bond motifs is 2. The van der Waals surface area contributed by atoms with Gasteiger partial charge in [-0.2, -0.15) is 4.57 Å². The summed E-state index contributed by atoms with van der Waals surface area (Å²) in [5.41, 5.74) is 2.14. The molecule has 0 aliphatic rings. The van der Waals surface area contributed by atoms with E-state index < -0.39 is 15.9 Å². The van der Waals surface area contributed by atoms with Gasteiger partial charge in [0, 0.05) is 23.2 Å². The normalized spacial score (nSPS) is 11.7. The van der Waals surface area contributed by atoms with Gasteiger partial charge < -0.3 is 0 Å². The van der Waals surface area contributed by atoms with Gasteiger partial charge in [0.15, 0.2) is 0 Å². The molecule has 0 spiro atoms. The quantitative estimate of drug-likeness (QED) is 0.263. The van der Waals surface area contributed by atoms with Crippen LogP contribution in [-0.4, -0.2) is 25.2 Å². The van der Waals surface area contributed by atoms with Gasteiger partial charge in [0.05, 0.1) is 21.2 Å². The Balaban J connectivity index is 1.97. The summed E-state index contributed by atoms with van der Waals surface area (Å²) in [6.07, 6.45) is 1.35. The predicted octanol–water partition coefficient (Wildman–Crippen LogP) is 5.21. The van der Waals surface area contributed by atoms with Crippen molar-refractivity contribution in [1.82, 2.24) is 4.31 Å². The maximum Gasteiger partial charge on any atom is 0.269 e. The molecule has 7 heteroatoms. The molecule has 1 heterocycles. The standard InChI is InChI=1S/C25H24BrN2O3S/c1-3-4-17-28(32(30,31)19-15-13-18(26)14-16-19)25(29)24-20-9-5-7-11-22(20)27(2)23-12-8-6-10-21(23)24/h5-16H,3-4,17H2,1-2H3/q+1. The highest BCUT2D eigenvalue weighted by molar-refractivity contribution is 9.10. The van der Waals surface area contributed by atoms with Crippen LogP contribution in [0.3, 0.4) is 0 Å². The minimum absolute atomic E-state index is 0.0975. The maximum atomic E-state index is 14.0. The molecule has 0 N–H and O–H groups in total. The molecule has 0 saturated carbocycles. The number of amides is 1. The summed E-state index contributed by atoms with van der Waals surface area (Å²) >= 11 is 3.34. The monoisotopic (exact) mass is 511 g/mol. The van der Waals surface area contributed by atoms with Crippen LogP contribution in [-0.2, 0) is 17.1 Å². The highest BCUT2D eigenvalue weighted by Crippen LogP contribution is 2.29. The molecule has 0 saturated heterocycles. The van der Waals surface area contributed by atoms with Crippen LogP contribution in [0.4, 0.5) is 0 Å². The van der Waals surface area contributed by atoms with Crippen molar-refractivity contribution in [3.05, 3.63) is 82.8 Å². The van der Waals surface area contributed by atoms with Crippen molar-refractivity contribution < 1.29 is 17.8 Å². The van der Waals surface area contributed by atoms with Gasteiger partial charge in [0.2, 0.25) is 11.0 Å². The van der Waals surface area contributed by atoms with Crippen molar-refractivity contribution in [2.24, 2.45) is 7.05 Å². The Hall–Kier alpha value is -2.77. The van der Waals surface area contributed by atoms with E-state index in [0.29, 0.717) is 12.0 Å². The fourth-order valence-corrected chi connectivity index (χ4v) is 5.63. The zero-order chi connectivity index (χ0) is 22.9. The van der Waals surface area contributed by atoms with Gasteiger partial charge in [-0.05, 0) is 42.8 Å². The lowest BCUT2D eigenvalue weighted by Crippen LogP contribution is -2.39. The minimum atomic E-state index is -4.03. The van der Waals surface area contributed by atoms with Gasteiger partial charge in [0.25, 0.3) is 15.9 Å². The van der Waals surface area contributed by atoms with Crippen molar-refractivity contribution in [3.63, 3.8) is 0 Å². The topological polar surface area (TPSA) is 58.3 Å². The number of pyridine rings is 1. The first-order valence-electron chi connectivity index (χ1n) is 10.5. The van der Waals surface area contributed by atoms with E-state index in [1.165, 1.54) is 12.1 Å². The average molecular weight is 512 g/mol. The zero-order valence-corrected chi connectivity index (χ0v) is 20.4. The van der Waals surface area contributed by atoms with Crippen molar-refractivity contribution in [2.45, 2.75) is 24.7 Å². The Morgan fingerprint density at radius 1 is 0.906 bits per heavy atom. The third-order valence-electron chi connectivity index (χ3n) is 5.63. The Morgan fingerprint density at radius 3 is 1.97 bits per heavy atom. The molecule has 0 aliphatic carbocycles. The molecular formula is C25H24BrN2O3S+. The van der Waals surface area contributed by atoms with E-state index in [-0.39, 0.29) is 11.4 Å². The summed E-state index contributed by atoms with van der Waals surface area (Å²) in [5.74, 6) is -0.505. The van der Waals surface area contributed by atoms with Gasteiger partial charge in [0.1, 0.15) is 7.05 Å². The fraction of sp³-hybridized carbons (Fsp3) is 0.200. The van der Waals surface area contributed by atoms with Crippen LogP contribution in [0.2, 0.25) is 0 Å². The number of hydrogen-bond donors (Lipinski definition) is 0. The second-order valence-electron chi connectivity index (χ2n) is 7.66. The molecule has 4 aromatic rings. The van der Waals surface area contributed by atoms with Crippen LogP contribution in [0.1, 0.15) is 30.1 Å². The number of hydrogen-bond acceptors (Lipinski definition) is 3. The van der Waals surface area contributed by atoms with Crippen molar-refractivity contribution in [2.75, 3.05) is 6.54 Å². The van der Waals surface area contributed by atoms with E-state index in [2.05, 4.69) is 15.9 Å². The number of benzene rings is 3. The first kappa shape index (κ1) is 22.4. The maximum absolute atomic E-state index is 14.0. The van der Waals surface area contributed by atoms with Crippen molar-refractivity contribution in [1.29, 1.82) is 0 Å². The van der Waals surface area contributed by atoms with Crippen LogP contribution in [0.15, 0.2) is 82.2 Å². The van der Waals surface area contributed by atoms with Gasteiger partial charge in [-0.15, -0.1) is 0 Å². The number of unbranched alkanes of at least 4 members (excludes halogenated alkanes) is 1. The van der Waals surface area contributed by atoms with Crippen molar-refractivity contribution >= 4 is 53.7 Å². The summed E-state index contributed by atoms with van der Waals surface area (Å²) < 4.78 is 31.0. The summed E-state index contributed by atoms with van der Waals surface area (Å²) in [4.78, 5) is 14.1. The van der Waals surface area contributed by atoms with E-state index >= 15 is 0 Å². The number of halogens is 1. The smallest absolute Gasteiger partial charge is 0.268 e. The lowest BCUT2D eigenvalue weighted by atomic mass is 10.0. The Morgan fingerprint density at radius 2 is 1.44 bits per heavy atom. The lowest BCUT2D eigenvalue weighted by Gasteiger charge is -2.23. The predicted molar refractivity (Wildman–Crippen MR) is 130 cm³/mol. The molecule has 5 nitrogen and oxygen atoms in total. The van der Waals surface area contributed by atoms with E-state index in [1.54, 1.807) is 12.1 Å². The molecule has 164 valence electrons. The minimum Gasteiger partial charge on any atom is -0.268 e. The molecule has 1 amide bonds. The Kier molecular flexibility index (Phi) is 6.31. The average Bonchev–Trinajstić information content (AvgIpc) is 2.80. The third kappa shape index (κ3) is 3.91. The molecule has 0 fully saturated rings. The summed E-state index contributed by atoms with van der Waals surface area (Å²) in [6, 6.07) is 21.6. The number of rotatable bonds is 6. The second-order valence-corrected chi connectivity index (χ2v) is 10.4. The fourth-order valence-electron chi connectivity index (χ4n) is 3.95. The van der Waals surface area contributed by atoms with Crippen LogP contribution in [0.25, 0.3) is 21.8 Å². The van der Waals surface area contributed by atoms with Crippen LogP contribution in [0.5, 0.6) is 0 Å². The number of nitrogens with zero attached hydrogens (tertiary/aromatic N) is 2. The molecule has 1 aromatic heterocycles. The number of para-hydroxylation sites is 2. The van der Waals surface area contributed by atoms with Crippen LogP contribution < -0.4 is 4.57 Å². The summed E-state index contributed by atoms with van der Waals surface area (Å²) in [7, 11) is -2.08. The molecular weight excluding hydrogens is 488 g/mol. The van der Waals surface area contributed by atoms with Gasteiger partial charge >= 0.3 is 0 Å². The number of aryl methyl sites for hydroxylation is 1. The van der Waals surface area contributed by atoms with Crippen LogP contribution >= 0.6 is 15.9 Å². The molecule has 0 aliphatic heterocycles. The largest absolute Gasteiger partial charge is 0.269 e. The number of carbonyl (C=O) groups excluding carboxylic acids is 1. The Labute approximate surface area is 196 Å². The molecule has 32 heavy (non-hydrogen) atoms. The first-order valence-corrected chi connectivity index (χ1v) is 12.7. The molecule has 0 radical (unpaired) electrons. The van der Waals surface area contributed by atoms with E-state index in [1.807, 2.05) is 67.1 Å². The molecule has 0 atom stereocenters. The highest BCUT2D eigenvalue weighted by Gasteiger charge is 2.33. The second kappa shape index (κ2) is 9.00. The third-order valence-corrected chi connectivity index (χ3v) is 7.95. The Bertz CT molecular complexity index is 1360. The first-order chi connectivity index (χ1) is 15.4. The van der Waals surface area contributed by atoms with Crippen molar-refractivity contribution in [3.8, 4) is 0 Å².